The highest BCUT2D eigenvalue weighted by molar-refractivity contribution is 9.10. The Morgan fingerprint density at radius 1 is 1.24 bits per heavy atom. The van der Waals surface area contributed by atoms with Crippen molar-refractivity contribution in [3.8, 4) is 0 Å². The predicted molar refractivity (Wildman–Crippen MR) is 93.1 cm³/mol. The summed E-state index contributed by atoms with van der Waals surface area (Å²) in [5, 5.41) is 15.5. The van der Waals surface area contributed by atoms with Crippen LogP contribution in [0.4, 0.5) is 5.69 Å². The number of aromatic nitrogens is 2. The number of anilines is 1. The van der Waals surface area contributed by atoms with E-state index in [0.29, 0.717) is 23.4 Å². The van der Waals surface area contributed by atoms with Gasteiger partial charge in [0.2, 0.25) is 5.91 Å². The third kappa shape index (κ3) is 2.90. The first-order valence-electron chi connectivity index (χ1n) is 8.65. The first kappa shape index (κ1) is 16.8. The maximum absolute atomic E-state index is 13.0. The Labute approximate surface area is 152 Å². The molecule has 0 saturated heterocycles. The van der Waals surface area contributed by atoms with Crippen molar-refractivity contribution >= 4 is 33.5 Å². The lowest BCUT2D eigenvalue weighted by atomic mass is 9.49. The second-order valence-electron chi connectivity index (χ2n) is 7.88. The molecule has 1 heterocycles. The van der Waals surface area contributed by atoms with E-state index in [1.165, 1.54) is 25.5 Å². The number of rotatable bonds is 4. The summed E-state index contributed by atoms with van der Waals surface area (Å²) >= 11 is 3.18. The Morgan fingerprint density at radius 2 is 1.80 bits per heavy atom. The highest BCUT2D eigenvalue weighted by Crippen LogP contribution is 2.60. The summed E-state index contributed by atoms with van der Waals surface area (Å²) in [5.41, 5.74) is -0.567. The van der Waals surface area contributed by atoms with Crippen LogP contribution in [0.2, 0.25) is 0 Å². The number of hydrogen-bond donors (Lipinski definition) is 2. The summed E-state index contributed by atoms with van der Waals surface area (Å²) in [4.78, 5) is 36.0. The molecule has 5 rings (SSSR count). The van der Waals surface area contributed by atoms with Crippen molar-refractivity contribution in [3.05, 3.63) is 21.0 Å². The Bertz CT molecular complexity index is 768. The molecule has 0 radical (unpaired) electrons. The van der Waals surface area contributed by atoms with Crippen molar-refractivity contribution in [2.75, 3.05) is 5.32 Å². The van der Waals surface area contributed by atoms with Gasteiger partial charge in [0, 0.05) is 0 Å². The van der Waals surface area contributed by atoms with Gasteiger partial charge >= 0.3 is 5.97 Å². The molecule has 7 nitrogen and oxygen atoms in total. The fourth-order valence-electron chi connectivity index (χ4n) is 5.44. The van der Waals surface area contributed by atoms with Crippen LogP contribution in [0.5, 0.6) is 0 Å². The average molecular weight is 410 g/mol. The summed E-state index contributed by atoms with van der Waals surface area (Å²) in [5.74, 6) is 0.794. The van der Waals surface area contributed by atoms with Gasteiger partial charge in [-0.15, -0.1) is 0 Å². The van der Waals surface area contributed by atoms with Crippen molar-refractivity contribution in [1.82, 2.24) is 9.78 Å². The van der Waals surface area contributed by atoms with Crippen molar-refractivity contribution in [1.29, 1.82) is 0 Å². The predicted octanol–water partition coefficient (Wildman–Crippen LogP) is 2.25. The second kappa shape index (κ2) is 5.93. The molecule has 0 unspecified atom stereocenters. The van der Waals surface area contributed by atoms with Gasteiger partial charge in [-0.2, -0.15) is 5.10 Å². The highest BCUT2D eigenvalue weighted by atomic mass is 79.9. The number of carbonyl (C=O) groups excluding carboxylic acids is 1. The molecule has 0 atom stereocenters. The number of aliphatic carboxylic acids is 1. The Hall–Kier alpha value is -1.70. The van der Waals surface area contributed by atoms with E-state index < -0.39 is 18.1 Å². The molecule has 0 aliphatic heterocycles. The SMILES string of the molecule is O=C(O)Cn1ncc(NC(=O)C23CC4CC(CC(C4)C2)C3)c(Br)c1=O. The fourth-order valence-corrected chi connectivity index (χ4v) is 5.84. The minimum atomic E-state index is -1.15. The zero-order chi connectivity index (χ0) is 17.8. The monoisotopic (exact) mass is 409 g/mol. The van der Waals surface area contributed by atoms with Crippen LogP contribution in [0.3, 0.4) is 0 Å². The zero-order valence-electron chi connectivity index (χ0n) is 13.7. The number of carboxylic acid groups (broad SMARTS) is 1. The maximum atomic E-state index is 13.0. The summed E-state index contributed by atoms with van der Waals surface area (Å²) in [6.45, 7) is -0.513. The maximum Gasteiger partial charge on any atom is 0.325 e. The van der Waals surface area contributed by atoms with Crippen LogP contribution < -0.4 is 10.9 Å². The first-order chi connectivity index (χ1) is 11.9. The molecule has 4 aliphatic rings. The van der Waals surface area contributed by atoms with Crippen molar-refractivity contribution < 1.29 is 14.7 Å². The third-order valence-electron chi connectivity index (χ3n) is 6.04. The number of hydrogen-bond acceptors (Lipinski definition) is 4. The van der Waals surface area contributed by atoms with Gasteiger partial charge < -0.3 is 10.4 Å². The summed E-state index contributed by atoms with van der Waals surface area (Å²) in [6.07, 6.45) is 7.91. The van der Waals surface area contributed by atoms with E-state index in [9.17, 15) is 14.4 Å². The molecular formula is C17H20BrN3O4. The van der Waals surface area contributed by atoms with Gasteiger partial charge in [-0.1, -0.05) is 0 Å². The van der Waals surface area contributed by atoms with E-state index in [1.54, 1.807) is 0 Å². The molecule has 4 bridgehead atoms. The minimum absolute atomic E-state index is 0.0236. The summed E-state index contributed by atoms with van der Waals surface area (Å²) < 4.78 is 0.995. The number of amides is 1. The van der Waals surface area contributed by atoms with Gasteiger partial charge in [-0.25, -0.2) is 4.68 Å². The zero-order valence-corrected chi connectivity index (χ0v) is 15.3. The van der Waals surface area contributed by atoms with E-state index in [-0.39, 0.29) is 15.8 Å². The number of halogens is 1. The molecule has 4 fully saturated rings. The Morgan fingerprint density at radius 3 is 2.32 bits per heavy atom. The standard InChI is InChI=1S/C17H20BrN3O4/c18-14-12(7-19-21(15(14)24)8-13(22)23)20-16(25)17-4-9-1-10(5-17)3-11(2-9)6-17/h7,9-11H,1-6,8H2,(H,20,25)(H,22,23). The lowest BCUT2D eigenvalue weighted by Crippen LogP contribution is -2.51. The topological polar surface area (TPSA) is 101 Å². The third-order valence-corrected chi connectivity index (χ3v) is 6.80. The van der Waals surface area contributed by atoms with Gasteiger partial charge in [-0.3, -0.25) is 14.4 Å². The molecule has 25 heavy (non-hydrogen) atoms. The van der Waals surface area contributed by atoms with E-state index in [1.807, 2.05) is 0 Å². The van der Waals surface area contributed by atoms with Crippen LogP contribution in [0.25, 0.3) is 0 Å². The smallest absolute Gasteiger partial charge is 0.325 e. The molecule has 4 saturated carbocycles. The van der Waals surface area contributed by atoms with Crippen LogP contribution in [0.1, 0.15) is 38.5 Å². The van der Waals surface area contributed by atoms with Gasteiger partial charge in [-0.05, 0) is 72.2 Å². The number of carboxylic acids is 1. The summed E-state index contributed by atoms with van der Waals surface area (Å²) in [6, 6.07) is 0. The van der Waals surface area contributed by atoms with Crippen molar-refractivity contribution in [3.63, 3.8) is 0 Å². The van der Waals surface area contributed by atoms with Gasteiger partial charge in [0.1, 0.15) is 11.0 Å². The molecule has 8 heteroatoms. The second-order valence-corrected chi connectivity index (χ2v) is 8.67. The lowest BCUT2D eigenvalue weighted by molar-refractivity contribution is -0.140. The number of nitrogens with zero attached hydrogens (tertiary/aromatic N) is 2. The van der Waals surface area contributed by atoms with E-state index >= 15 is 0 Å². The van der Waals surface area contributed by atoms with Crippen molar-refractivity contribution in [2.45, 2.75) is 45.1 Å². The van der Waals surface area contributed by atoms with Crippen molar-refractivity contribution in [2.24, 2.45) is 23.2 Å². The largest absolute Gasteiger partial charge is 0.480 e. The van der Waals surface area contributed by atoms with Gasteiger partial charge in [0.25, 0.3) is 5.56 Å². The van der Waals surface area contributed by atoms with E-state index in [0.717, 1.165) is 23.9 Å². The highest BCUT2D eigenvalue weighted by Gasteiger charge is 2.54. The first-order valence-corrected chi connectivity index (χ1v) is 9.44. The molecule has 1 aromatic heterocycles. The number of nitrogens with one attached hydrogen (secondary N) is 1. The van der Waals surface area contributed by atoms with Gasteiger partial charge in [0.15, 0.2) is 0 Å². The normalized spacial score (nSPS) is 32.6. The van der Waals surface area contributed by atoms with Crippen LogP contribution in [0.15, 0.2) is 15.5 Å². The number of carbonyl (C=O) groups is 2. The quantitative estimate of drug-likeness (QED) is 0.793. The van der Waals surface area contributed by atoms with E-state index in [2.05, 4.69) is 26.3 Å². The molecule has 134 valence electrons. The van der Waals surface area contributed by atoms with Crippen LogP contribution in [0, 0.1) is 23.2 Å². The molecular weight excluding hydrogens is 390 g/mol. The minimum Gasteiger partial charge on any atom is -0.480 e. The molecule has 0 spiro atoms. The Kier molecular flexibility index (Phi) is 3.97. The molecule has 4 aliphatic carbocycles. The van der Waals surface area contributed by atoms with Crippen LogP contribution >= 0.6 is 15.9 Å². The molecule has 1 aromatic rings. The van der Waals surface area contributed by atoms with Crippen LogP contribution in [-0.2, 0) is 16.1 Å². The molecule has 1 amide bonds. The van der Waals surface area contributed by atoms with E-state index in [4.69, 9.17) is 5.11 Å². The molecule has 2 N–H and O–H groups in total. The fraction of sp³-hybridized carbons (Fsp3) is 0.647. The Balaban J connectivity index is 1.56. The average Bonchev–Trinajstić information content (AvgIpc) is 2.53. The molecule has 0 aromatic carbocycles. The summed E-state index contributed by atoms with van der Waals surface area (Å²) in [7, 11) is 0. The van der Waals surface area contributed by atoms with Crippen LogP contribution in [-0.4, -0.2) is 26.8 Å². The lowest BCUT2D eigenvalue weighted by Gasteiger charge is -2.55. The van der Waals surface area contributed by atoms with Gasteiger partial charge in [0.05, 0.1) is 17.3 Å².